The first-order valence-corrected chi connectivity index (χ1v) is 9.62. The van der Waals surface area contributed by atoms with E-state index in [1.165, 1.54) is 34.4 Å². The molecular weight excluding hydrogens is 316 g/mol. The third kappa shape index (κ3) is 2.71. The van der Waals surface area contributed by atoms with Crippen LogP contribution in [0.2, 0.25) is 0 Å². The van der Waals surface area contributed by atoms with Gasteiger partial charge in [-0.1, -0.05) is 72.8 Å². The van der Waals surface area contributed by atoms with Crippen molar-refractivity contribution in [3.8, 4) is 11.1 Å². The second-order valence-corrected chi connectivity index (χ2v) is 7.45. The first kappa shape index (κ1) is 15.7. The molecular formula is C24H24N2. The van der Waals surface area contributed by atoms with Gasteiger partial charge in [0.05, 0.1) is 0 Å². The molecule has 3 unspecified atom stereocenters. The smallest absolute Gasteiger partial charge is 0.0378 e. The molecule has 2 heteroatoms. The zero-order chi connectivity index (χ0) is 17.3. The molecule has 0 bridgehead atoms. The summed E-state index contributed by atoms with van der Waals surface area (Å²) in [6, 6.07) is 29.2. The molecule has 0 aromatic heterocycles. The van der Waals surface area contributed by atoms with Crippen LogP contribution in [0.15, 0.2) is 78.9 Å². The van der Waals surface area contributed by atoms with E-state index in [0.29, 0.717) is 17.9 Å². The molecule has 2 aliphatic heterocycles. The molecule has 0 spiro atoms. The molecule has 5 rings (SSSR count). The molecule has 2 nitrogen and oxygen atoms in total. The van der Waals surface area contributed by atoms with Gasteiger partial charge >= 0.3 is 0 Å². The van der Waals surface area contributed by atoms with E-state index in [1.54, 1.807) is 0 Å². The molecule has 26 heavy (non-hydrogen) atoms. The number of fused-ring (bicyclic) bond motifs is 3. The molecule has 1 fully saturated rings. The highest BCUT2D eigenvalue weighted by Gasteiger charge is 2.39. The Labute approximate surface area is 155 Å². The second-order valence-electron chi connectivity index (χ2n) is 7.45. The molecule has 2 N–H and O–H groups in total. The number of rotatable bonds is 2. The van der Waals surface area contributed by atoms with Crippen molar-refractivity contribution < 1.29 is 0 Å². The maximum Gasteiger partial charge on any atom is 0.0378 e. The summed E-state index contributed by atoms with van der Waals surface area (Å²) in [6.45, 7) is 2.13. The van der Waals surface area contributed by atoms with Gasteiger partial charge in [0.25, 0.3) is 0 Å². The summed E-state index contributed by atoms with van der Waals surface area (Å²) in [5.41, 5.74) is 6.82. The predicted molar refractivity (Wildman–Crippen MR) is 109 cm³/mol. The molecule has 0 saturated carbocycles. The van der Waals surface area contributed by atoms with Gasteiger partial charge in [0.1, 0.15) is 0 Å². The van der Waals surface area contributed by atoms with Crippen LogP contribution < -0.4 is 10.6 Å². The molecule has 3 aromatic rings. The Morgan fingerprint density at radius 1 is 0.731 bits per heavy atom. The van der Waals surface area contributed by atoms with Crippen LogP contribution in [0.4, 0.5) is 5.69 Å². The Hall–Kier alpha value is -2.58. The minimum Gasteiger partial charge on any atom is -0.381 e. The fourth-order valence-electron chi connectivity index (χ4n) is 4.69. The average molecular weight is 340 g/mol. The summed E-state index contributed by atoms with van der Waals surface area (Å²) in [7, 11) is 0. The van der Waals surface area contributed by atoms with Gasteiger partial charge in [0.15, 0.2) is 0 Å². The van der Waals surface area contributed by atoms with E-state index < -0.39 is 0 Å². The third-order valence-corrected chi connectivity index (χ3v) is 5.97. The van der Waals surface area contributed by atoms with Crippen LogP contribution in [0, 0.1) is 0 Å². The van der Waals surface area contributed by atoms with Gasteiger partial charge in [-0.2, -0.15) is 0 Å². The molecule has 2 heterocycles. The monoisotopic (exact) mass is 340 g/mol. The summed E-state index contributed by atoms with van der Waals surface area (Å²) >= 11 is 0. The van der Waals surface area contributed by atoms with Crippen molar-refractivity contribution in [2.45, 2.75) is 24.3 Å². The van der Waals surface area contributed by atoms with E-state index in [-0.39, 0.29) is 0 Å². The fourth-order valence-corrected chi connectivity index (χ4v) is 4.69. The normalized spacial score (nSPS) is 24.2. The van der Waals surface area contributed by atoms with E-state index >= 15 is 0 Å². The Kier molecular flexibility index (Phi) is 3.99. The van der Waals surface area contributed by atoms with Crippen LogP contribution in [0.5, 0.6) is 0 Å². The Bertz CT molecular complexity index is 886. The van der Waals surface area contributed by atoms with Crippen molar-refractivity contribution in [3.05, 3.63) is 90.0 Å². The van der Waals surface area contributed by atoms with E-state index in [2.05, 4.69) is 89.5 Å². The topological polar surface area (TPSA) is 24.1 Å². The van der Waals surface area contributed by atoms with Crippen LogP contribution in [-0.4, -0.2) is 19.1 Å². The van der Waals surface area contributed by atoms with Crippen molar-refractivity contribution >= 4 is 5.69 Å². The average Bonchev–Trinajstić information content (AvgIpc) is 2.94. The zero-order valence-electron chi connectivity index (χ0n) is 14.9. The van der Waals surface area contributed by atoms with Gasteiger partial charge in [0, 0.05) is 30.1 Å². The molecule has 3 atom stereocenters. The highest BCUT2D eigenvalue weighted by atomic mass is 15.0. The lowest BCUT2D eigenvalue weighted by Gasteiger charge is -2.26. The second kappa shape index (κ2) is 6.62. The molecule has 0 radical (unpaired) electrons. The Balaban J connectivity index is 1.50. The van der Waals surface area contributed by atoms with Gasteiger partial charge in [-0.25, -0.2) is 0 Å². The molecule has 0 aliphatic carbocycles. The lowest BCUT2D eigenvalue weighted by molar-refractivity contribution is 0.512. The molecule has 1 saturated heterocycles. The molecule has 0 amide bonds. The minimum absolute atomic E-state index is 0.503. The predicted octanol–water partition coefficient (Wildman–Crippen LogP) is 5.01. The summed E-state index contributed by atoms with van der Waals surface area (Å²) in [5, 5.41) is 7.43. The Morgan fingerprint density at radius 2 is 1.46 bits per heavy atom. The van der Waals surface area contributed by atoms with Crippen molar-refractivity contribution in [2.24, 2.45) is 0 Å². The van der Waals surface area contributed by atoms with E-state index in [9.17, 15) is 0 Å². The maximum absolute atomic E-state index is 3.77. The van der Waals surface area contributed by atoms with Crippen LogP contribution in [0.25, 0.3) is 11.1 Å². The van der Waals surface area contributed by atoms with Crippen LogP contribution in [0.1, 0.15) is 29.4 Å². The lowest BCUT2D eigenvalue weighted by atomic mass is 9.78. The summed E-state index contributed by atoms with van der Waals surface area (Å²) in [4.78, 5) is 0. The number of hydrogen-bond donors (Lipinski definition) is 2. The third-order valence-electron chi connectivity index (χ3n) is 5.97. The number of benzene rings is 3. The number of anilines is 1. The van der Waals surface area contributed by atoms with E-state index in [4.69, 9.17) is 0 Å². The Morgan fingerprint density at radius 3 is 2.31 bits per heavy atom. The fraction of sp³-hybridized carbons (Fsp3) is 0.250. The van der Waals surface area contributed by atoms with Crippen LogP contribution in [0.3, 0.4) is 0 Å². The van der Waals surface area contributed by atoms with Gasteiger partial charge in [-0.15, -0.1) is 0 Å². The SMILES string of the molecule is c1ccc(-c2ccc(C3CNCCC4Nc5ccccc5C43)cc2)cc1. The standard InChI is InChI=1S/C24H24N2/c1-2-6-17(7-3-1)18-10-12-19(13-11-18)21-16-25-15-14-23-24(21)20-8-4-5-9-22(20)26-23/h1-13,21,23-26H,14-16H2. The summed E-state index contributed by atoms with van der Waals surface area (Å²) in [6.07, 6.45) is 1.18. The van der Waals surface area contributed by atoms with Gasteiger partial charge in [0.2, 0.25) is 0 Å². The summed E-state index contributed by atoms with van der Waals surface area (Å²) < 4.78 is 0. The van der Waals surface area contributed by atoms with Gasteiger partial charge < -0.3 is 10.6 Å². The minimum atomic E-state index is 0.503. The first-order chi connectivity index (χ1) is 12.9. The van der Waals surface area contributed by atoms with Crippen LogP contribution >= 0.6 is 0 Å². The first-order valence-electron chi connectivity index (χ1n) is 9.62. The highest BCUT2D eigenvalue weighted by molar-refractivity contribution is 5.64. The van der Waals surface area contributed by atoms with Crippen molar-refractivity contribution in [1.82, 2.24) is 5.32 Å². The van der Waals surface area contributed by atoms with Crippen molar-refractivity contribution in [2.75, 3.05) is 18.4 Å². The lowest BCUT2D eigenvalue weighted by Crippen LogP contribution is -2.25. The van der Waals surface area contributed by atoms with Gasteiger partial charge in [-0.05, 0) is 41.3 Å². The zero-order valence-corrected chi connectivity index (χ0v) is 14.9. The maximum atomic E-state index is 3.77. The van der Waals surface area contributed by atoms with E-state index in [0.717, 1.165) is 13.1 Å². The number of hydrogen-bond acceptors (Lipinski definition) is 2. The molecule has 2 aliphatic rings. The van der Waals surface area contributed by atoms with Crippen molar-refractivity contribution in [3.63, 3.8) is 0 Å². The molecule has 3 aromatic carbocycles. The van der Waals surface area contributed by atoms with Gasteiger partial charge in [-0.3, -0.25) is 0 Å². The van der Waals surface area contributed by atoms with Crippen LogP contribution in [-0.2, 0) is 0 Å². The largest absolute Gasteiger partial charge is 0.381 e. The van der Waals surface area contributed by atoms with E-state index in [1.807, 2.05) is 0 Å². The number of para-hydroxylation sites is 1. The quantitative estimate of drug-likeness (QED) is 0.685. The molecule has 130 valence electrons. The number of nitrogens with one attached hydrogen (secondary N) is 2. The van der Waals surface area contributed by atoms with Crippen molar-refractivity contribution in [1.29, 1.82) is 0 Å². The summed E-state index contributed by atoms with van der Waals surface area (Å²) in [5.74, 6) is 1.05. The highest BCUT2D eigenvalue weighted by Crippen LogP contribution is 2.46.